The predicted molar refractivity (Wildman–Crippen MR) is 114 cm³/mol. The van der Waals surface area contributed by atoms with Crippen molar-refractivity contribution in [2.75, 3.05) is 32.7 Å². The van der Waals surface area contributed by atoms with E-state index in [-0.39, 0.29) is 16.7 Å². The van der Waals surface area contributed by atoms with Crippen LogP contribution in [0.25, 0.3) is 10.9 Å². The van der Waals surface area contributed by atoms with Gasteiger partial charge in [0.05, 0.1) is 48.9 Å². The first-order chi connectivity index (χ1) is 13.4. The molecule has 0 bridgehead atoms. The number of piperazine rings is 1. The summed E-state index contributed by atoms with van der Waals surface area (Å²) in [5.41, 5.74) is 0.663. The molecule has 0 spiro atoms. The molecular weight excluding hydrogens is 372 g/mol. The Kier molecular flexibility index (Phi) is 6.78. The van der Waals surface area contributed by atoms with Crippen molar-refractivity contribution in [3.8, 4) is 0 Å². The second kappa shape index (κ2) is 9.09. The molecule has 3 rings (SSSR count). The van der Waals surface area contributed by atoms with E-state index in [0.717, 1.165) is 32.7 Å². The second-order valence-electron chi connectivity index (χ2n) is 7.91. The molecule has 2 aromatic rings. The van der Waals surface area contributed by atoms with Gasteiger partial charge >= 0.3 is 0 Å². The van der Waals surface area contributed by atoms with Gasteiger partial charge in [-0.15, -0.1) is 0 Å². The summed E-state index contributed by atoms with van der Waals surface area (Å²) in [6.45, 7) is 13.6. The van der Waals surface area contributed by atoms with Crippen molar-refractivity contribution in [3.05, 3.63) is 34.6 Å². The third kappa shape index (κ3) is 4.58. The molecule has 1 N–H and O–H groups in total. The number of para-hydroxylation sites is 1. The lowest BCUT2D eigenvalue weighted by molar-refractivity contribution is -0.902. The van der Waals surface area contributed by atoms with Crippen LogP contribution in [-0.4, -0.2) is 58.3 Å². The van der Waals surface area contributed by atoms with Crippen LogP contribution in [0.2, 0.25) is 0 Å². The zero-order valence-electron chi connectivity index (χ0n) is 17.3. The van der Waals surface area contributed by atoms with E-state index < -0.39 is 0 Å². The SMILES string of the molecule is CC[NH+]1CCN(C(=O)[C@H](C)Sc2nc3ccccc3c(=O)n2CC(C)C)CC1. The van der Waals surface area contributed by atoms with E-state index in [1.54, 1.807) is 9.47 Å². The number of benzene rings is 1. The molecule has 7 heteroatoms. The second-order valence-corrected chi connectivity index (χ2v) is 9.22. The van der Waals surface area contributed by atoms with Gasteiger partial charge in [-0.05, 0) is 31.9 Å². The summed E-state index contributed by atoms with van der Waals surface area (Å²) in [7, 11) is 0. The highest BCUT2D eigenvalue weighted by atomic mass is 32.2. The average Bonchev–Trinajstić information content (AvgIpc) is 2.70. The molecule has 1 aromatic heterocycles. The van der Waals surface area contributed by atoms with Crippen LogP contribution in [0, 0.1) is 5.92 Å². The first-order valence-corrected chi connectivity index (χ1v) is 11.1. The molecule has 28 heavy (non-hydrogen) atoms. The van der Waals surface area contributed by atoms with Gasteiger partial charge in [0.15, 0.2) is 5.16 Å². The molecular formula is C21H31N4O2S+. The minimum absolute atomic E-state index is 0.0263. The molecule has 2 heterocycles. The highest BCUT2D eigenvalue weighted by molar-refractivity contribution is 8.00. The summed E-state index contributed by atoms with van der Waals surface area (Å²) in [4.78, 5) is 34.2. The van der Waals surface area contributed by atoms with Gasteiger partial charge in [-0.2, -0.15) is 0 Å². The Labute approximate surface area is 170 Å². The van der Waals surface area contributed by atoms with Crippen LogP contribution in [0.5, 0.6) is 0 Å². The molecule has 1 saturated heterocycles. The highest BCUT2D eigenvalue weighted by Gasteiger charge is 2.28. The van der Waals surface area contributed by atoms with Crippen LogP contribution in [0.1, 0.15) is 27.7 Å². The van der Waals surface area contributed by atoms with Gasteiger partial charge in [0, 0.05) is 6.54 Å². The van der Waals surface area contributed by atoms with Crippen molar-refractivity contribution in [2.24, 2.45) is 5.92 Å². The van der Waals surface area contributed by atoms with Gasteiger partial charge in [-0.25, -0.2) is 4.98 Å². The Morgan fingerprint density at radius 2 is 1.89 bits per heavy atom. The summed E-state index contributed by atoms with van der Waals surface area (Å²) < 4.78 is 1.74. The zero-order chi connectivity index (χ0) is 20.3. The lowest BCUT2D eigenvalue weighted by atomic mass is 10.2. The Balaban J connectivity index is 1.84. The Hall–Kier alpha value is -1.86. The Morgan fingerprint density at radius 3 is 2.54 bits per heavy atom. The van der Waals surface area contributed by atoms with Gasteiger partial charge in [-0.3, -0.25) is 14.2 Å². The van der Waals surface area contributed by atoms with Crippen molar-refractivity contribution in [2.45, 2.75) is 44.6 Å². The lowest BCUT2D eigenvalue weighted by Gasteiger charge is -2.33. The average molecular weight is 404 g/mol. The van der Waals surface area contributed by atoms with Crippen LogP contribution in [0.4, 0.5) is 0 Å². The van der Waals surface area contributed by atoms with Gasteiger partial charge in [0.25, 0.3) is 5.56 Å². The van der Waals surface area contributed by atoms with Crippen molar-refractivity contribution >= 4 is 28.6 Å². The monoisotopic (exact) mass is 403 g/mol. The van der Waals surface area contributed by atoms with E-state index in [0.29, 0.717) is 28.5 Å². The fourth-order valence-electron chi connectivity index (χ4n) is 3.63. The lowest BCUT2D eigenvalue weighted by Crippen LogP contribution is -3.14. The molecule has 1 atom stereocenters. The van der Waals surface area contributed by atoms with Crippen molar-refractivity contribution < 1.29 is 9.69 Å². The number of aromatic nitrogens is 2. The molecule has 0 saturated carbocycles. The number of rotatable bonds is 6. The number of carbonyl (C=O) groups is 1. The third-order valence-corrected chi connectivity index (χ3v) is 6.36. The number of hydrogen-bond donors (Lipinski definition) is 1. The maximum atomic E-state index is 13.0. The van der Waals surface area contributed by atoms with Crippen LogP contribution in [0.15, 0.2) is 34.2 Å². The summed E-state index contributed by atoms with van der Waals surface area (Å²) >= 11 is 1.40. The molecule has 152 valence electrons. The Morgan fingerprint density at radius 1 is 1.21 bits per heavy atom. The number of nitrogens with one attached hydrogen (secondary N) is 1. The van der Waals surface area contributed by atoms with Gasteiger partial charge < -0.3 is 9.80 Å². The summed E-state index contributed by atoms with van der Waals surface area (Å²) in [5.74, 6) is 0.453. The molecule has 1 aliphatic heterocycles. The molecule has 6 nitrogen and oxygen atoms in total. The smallest absolute Gasteiger partial charge is 0.262 e. The first kappa shape index (κ1) is 20.9. The molecule has 1 aliphatic rings. The molecule has 1 amide bonds. The zero-order valence-corrected chi connectivity index (χ0v) is 18.1. The minimum Gasteiger partial charge on any atom is -0.332 e. The number of thioether (sulfide) groups is 1. The molecule has 1 aromatic carbocycles. The maximum Gasteiger partial charge on any atom is 0.262 e. The minimum atomic E-state index is -0.269. The molecule has 0 aliphatic carbocycles. The van der Waals surface area contributed by atoms with E-state index in [1.807, 2.05) is 36.1 Å². The highest BCUT2D eigenvalue weighted by Crippen LogP contribution is 2.24. The quantitative estimate of drug-likeness (QED) is 0.583. The van der Waals surface area contributed by atoms with Crippen molar-refractivity contribution in [1.82, 2.24) is 14.5 Å². The third-order valence-electron chi connectivity index (χ3n) is 5.29. The predicted octanol–water partition coefficient (Wildman–Crippen LogP) is 1.28. The number of amides is 1. The van der Waals surface area contributed by atoms with Crippen LogP contribution >= 0.6 is 11.8 Å². The van der Waals surface area contributed by atoms with E-state index in [2.05, 4.69) is 20.8 Å². The summed E-state index contributed by atoms with van der Waals surface area (Å²) in [6, 6.07) is 7.43. The van der Waals surface area contributed by atoms with Crippen LogP contribution in [-0.2, 0) is 11.3 Å². The normalized spacial score (nSPS) is 16.7. The van der Waals surface area contributed by atoms with E-state index in [4.69, 9.17) is 4.98 Å². The van der Waals surface area contributed by atoms with Gasteiger partial charge in [0.2, 0.25) is 5.91 Å². The van der Waals surface area contributed by atoms with E-state index in [1.165, 1.54) is 11.8 Å². The number of quaternary nitrogens is 1. The fraction of sp³-hybridized carbons (Fsp3) is 0.571. The standard InChI is InChI=1S/C21H30N4O2S/c1-5-23-10-12-24(13-11-23)19(26)16(4)28-21-22-18-9-7-6-8-17(18)20(27)25(21)14-15(2)3/h6-9,15-16H,5,10-14H2,1-4H3/p+1/t16-/m0/s1. The van der Waals surface area contributed by atoms with Gasteiger partial charge in [0.1, 0.15) is 0 Å². The number of hydrogen-bond acceptors (Lipinski definition) is 4. The largest absolute Gasteiger partial charge is 0.332 e. The number of nitrogens with zero attached hydrogens (tertiary/aromatic N) is 3. The van der Waals surface area contributed by atoms with Crippen molar-refractivity contribution in [1.29, 1.82) is 0 Å². The molecule has 0 radical (unpaired) electrons. The molecule has 1 fully saturated rings. The van der Waals surface area contributed by atoms with E-state index in [9.17, 15) is 9.59 Å². The molecule has 0 unspecified atom stereocenters. The Bertz CT molecular complexity index is 888. The van der Waals surface area contributed by atoms with Crippen LogP contribution in [0.3, 0.4) is 0 Å². The first-order valence-electron chi connectivity index (χ1n) is 10.2. The number of likely N-dealkylation sites (N-methyl/N-ethyl adjacent to an activating group) is 1. The van der Waals surface area contributed by atoms with E-state index >= 15 is 0 Å². The van der Waals surface area contributed by atoms with Crippen molar-refractivity contribution in [3.63, 3.8) is 0 Å². The summed E-state index contributed by atoms with van der Waals surface area (Å²) in [5, 5.41) is 0.996. The summed E-state index contributed by atoms with van der Waals surface area (Å²) in [6.07, 6.45) is 0. The topological polar surface area (TPSA) is 59.6 Å². The number of fused-ring (bicyclic) bond motifs is 1. The fourth-order valence-corrected chi connectivity index (χ4v) is 4.63. The van der Waals surface area contributed by atoms with Gasteiger partial charge in [-0.1, -0.05) is 37.7 Å². The number of carbonyl (C=O) groups excluding carboxylic acids is 1. The maximum absolute atomic E-state index is 13.0. The van der Waals surface area contributed by atoms with Crippen LogP contribution < -0.4 is 10.5 Å².